The standard InChI is InChI=1S/C25H27N3O3S/c1-18(22-7-5-8-23(16-22)27-32(2,30)31)26-25(29)21-12-10-19(11-13-21)17-28-15-14-20-6-3-4-9-24(20)28/h3-13,16,18,27H,14-15,17H2,1-2H3,(H,26,29). The number of hydrogen-bond acceptors (Lipinski definition) is 4. The van der Waals surface area contributed by atoms with E-state index in [0.29, 0.717) is 11.3 Å². The molecule has 0 spiro atoms. The highest BCUT2D eigenvalue weighted by atomic mass is 32.2. The molecule has 2 N–H and O–H groups in total. The van der Waals surface area contributed by atoms with Crippen LogP contribution in [0.15, 0.2) is 72.8 Å². The lowest BCUT2D eigenvalue weighted by molar-refractivity contribution is 0.0940. The lowest BCUT2D eigenvalue weighted by Gasteiger charge is -2.20. The first kappa shape index (κ1) is 21.9. The van der Waals surface area contributed by atoms with Crippen molar-refractivity contribution in [2.24, 2.45) is 0 Å². The second kappa shape index (κ2) is 9.04. The summed E-state index contributed by atoms with van der Waals surface area (Å²) < 4.78 is 25.4. The summed E-state index contributed by atoms with van der Waals surface area (Å²) in [5, 5.41) is 2.98. The topological polar surface area (TPSA) is 78.5 Å². The predicted octanol–water partition coefficient (Wildman–Crippen LogP) is 4.11. The van der Waals surface area contributed by atoms with E-state index < -0.39 is 10.0 Å². The predicted molar refractivity (Wildman–Crippen MR) is 128 cm³/mol. The summed E-state index contributed by atoms with van der Waals surface area (Å²) in [5.41, 5.74) is 5.71. The number of nitrogens with zero attached hydrogens (tertiary/aromatic N) is 1. The molecule has 6 nitrogen and oxygen atoms in total. The Hall–Kier alpha value is -3.32. The van der Waals surface area contributed by atoms with Crippen LogP contribution in [-0.4, -0.2) is 27.1 Å². The highest BCUT2D eigenvalue weighted by molar-refractivity contribution is 7.92. The minimum Gasteiger partial charge on any atom is -0.367 e. The van der Waals surface area contributed by atoms with E-state index in [1.54, 1.807) is 18.2 Å². The Bertz CT molecular complexity index is 1220. The molecule has 166 valence electrons. The highest BCUT2D eigenvalue weighted by Crippen LogP contribution is 2.28. The first-order valence-electron chi connectivity index (χ1n) is 10.6. The van der Waals surface area contributed by atoms with Gasteiger partial charge in [-0.15, -0.1) is 0 Å². The zero-order valence-corrected chi connectivity index (χ0v) is 19.0. The molecule has 1 atom stereocenters. The largest absolute Gasteiger partial charge is 0.367 e. The van der Waals surface area contributed by atoms with Crippen LogP contribution in [0.1, 0.15) is 40.0 Å². The van der Waals surface area contributed by atoms with Gasteiger partial charge in [0.15, 0.2) is 0 Å². The number of amides is 1. The third kappa shape index (κ3) is 5.29. The number of nitrogens with one attached hydrogen (secondary N) is 2. The van der Waals surface area contributed by atoms with Crippen LogP contribution >= 0.6 is 0 Å². The Morgan fingerprint density at radius 3 is 2.53 bits per heavy atom. The van der Waals surface area contributed by atoms with Crippen LogP contribution in [-0.2, 0) is 23.0 Å². The molecule has 0 saturated heterocycles. The van der Waals surface area contributed by atoms with Gasteiger partial charge in [0.2, 0.25) is 10.0 Å². The molecule has 0 bridgehead atoms. The van der Waals surface area contributed by atoms with Crippen LogP contribution in [0.4, 0.5) is 11.4 Å². The number of carbonyl (C=O) groups excluding carboxylic acids is 1. The van der Waals surface area contributed by atoms with Crippen LogP contribution in [0.3, 0.4) is 0 Å². The van der Waals surface area contributed by atoms with Crippen molar-refractivity contribution < 1.29 is 13.2 Å². The Morgan fingerprint density at radius 1 is 1.03 bits per heavy atom. The molecule has 0 aromatic heterocycles. The maximum Gasteiger partial charge on any atom is 0.251 e. The van der Waals surface area contributed by atoms with Crippen molar-refractivity contribution in [3.63, 3.8) is 0 Å². The molecule has 0 radical (unpaired) electrons. The molecule has 32 heavy (non-hydrogen) atoms. The molecule has 4 rings (SSSR count). The van der Waals surface area contributed by atoms with E-state index in [1.807, 2.05) is 37.3 Å². The second-order valence-electron chi connectivity index (χ2n) is 8.19. The number of hydrogen-bond donors (Lipinski definition) is 2. The third-order valence-corrected chi connectivity index (χ3v) is 6.22. The van der Waals surface area contributed by atoms with Crippen molar-refractivity contribution >= 4 is 27.3 Å². The number of sulfonamides is 1. The van der Waals surface area contributed by atoms with E-state index in [1.165, 1.54) is 11.3 Å². The van der Waals surface area contributed by atoms with Crippen LogP contribution in [0, 0.1) is 0 Å². The Labute approximate surface area is 189 Å². The van der Waals surface area contributed by atoms with Gasteiger partial charge in [0.1, 0.15) is 0 Å². The summed E-state index contributed by atoms with van der Waals surface area (Å²) in [4.78, 5) is 15.1. The normalized spacial score (nSPS) is 14.0. The minimum absolute atomic E-state index is 0.169. The number of anilines is 2. The van der Waals surface area contributed by atoms with E-state index in [9.17, 15) is 13.2 Å². The van der Waals surface area contributed by atoms with E-state index >= 15 is 0 Å². The maximum absolute atomic E-state index is 12.7. The molecular formula is C25H27N3O3S. The van der Waals surface area contributed by atoms with Gasteiger partial charge < -0.3 is 10.2 Å². The van der Waals surface area contributed by atoms with Crippen LogP contribution in [0.5, 0.6) is 0 Å². The van der Waals surface area contributed by atoms with E-state index in [-0.39, 0.29) is 11.9 Å². The molecule has 1 heterocycles. The Balaban J connectivity index is 1.38. The average Bonchev–Trinajstić information content (AvgIpc) is 3.16. The average molecular weight is 450 g/mol. The third-order valence-electron chi connectivity index (χ3n) is 5.61. The van der Waals surface area contributed by atoms with Crippen LogP contribution in [0.2, 0.25) is 0 Å². The molecule has 1 aliphatic rings. The van der Waals surface area contributed by atoms with Gasteiger partial charge >= 0.3 is 0 Å². The van der Waals surface area contributed by atoms with Gasteiger partial charge in [-0.05, 0) is 60.4 Å². The number of benzene rings is 3. The smallest absolute Gasteiger partial charge is 0.251 e. The Morgan fingerprint density at radius 2 is 1.78 bits per heavy atom. The van der Waals surface area contributed by atoms with Gasteiger partial charge in [-0.1, -0.05) is 42.5 Å². The number of fused-ring (bicyclic) bond motifs is 1. The molecule has 0 aliphatic carbocycles. The molecule has 1 amide bonds. The summed E-state index contributed by atoms with van der Waals surface area (Å²) in [6.45, 7) is 3.69. The fourth-order valence-corrected chi connectivity index (χ4v) is 4.56. The first-order chi connectivity index (χ1) is 15.3. The fraction of sp³-hybridized carbons (Fsp3) is 0.240. The van der Waals surface area contributed by atoms with Crippen molar-refractivity contribution in [1.82, 2.24) is 5.32 Å². The fourth-order valence-electron chi connectivity index (χ4n) is 4.00. The molecule has 1 aliphatic heterocycles. The Kier molecular flexibility index (Phi) is 6.19. The molecule has 0 saturated carbocycles. The molecule has 7 heteroatoms. The minimum atomic E-state index is -3.36. The van der Waals surface area contributed by atoms with Crippen molar-refractivity contribution in [2.75, 3.05) is 22.4 Å². The molecular weight excluding hydrogens is 422 g/mol. The number of rotatable bonds is 7. The molecule has 0 fully saturated rings. The van der Waals surface area contributed by atoms with E-state index in [4.69, 9.17) is 0 Å². The quantitative estimate of drug-likeness (QED) is 0.569. The monoisotopic (exact) mass is 449 g/mol. The van der Waals surface area contributed by atoms with Gasteiger partial charge in [0.25, 0.3) is 5.91 Å². The van der Waals surface area contributed by atoms with E-state index in [0.717, 1.165) is 36.9 Å². The van der Waals surface area contributed by atoms with Gasteiger partial charge in [0.05, 0.1) is 12.3 Å². The highest BCUT2D eigenvalue weighted by Gasteiger charge is 2.18. The van der Waals surface area contributed by atoms with E-state index in [2.05, 4.69) is 39.2 Å². The molecule has 3 aromatic rings. The number of para-hydroxylation sites is 1. The van der Waals surface area contributed by atoms with Crippen molar-refractivity contribution in [3.8, 4) is 0 Å². The lowest BCUT2D eigenvalue weighted by atomic mass is 10.1. The van der Waals surface area contributed by atoms with Gasteiger partial charge in [0, 0.05) is 30.0 Å². The summed E-state index contributed by atoms with van der Waals surface area (Å²) in [7, 11) is -3.36. The summed E-state index contributed by atoms with van der Waals surface area (Å²) in [6, 6.07) is 22.9. The zero-order chi connectivity index (χ0) is 22.7. The van der Waals surface area contributed by atoms with Crippen molar-refractivity contribution in [3.05, 3.63) is 95.1 Å². The van der Waals surface area contributed by atoms with Crippen LogP contribution < -0.4 is 14.9 Å². The van der Waals surface area contributed by atoms with Crippen LogP contribution in [0.25, 0.3) is 0 Å². The number of carbonyl (C=O) groups is 1. The first-order valence-corrected chi connectivity index (χ1v) is 12.5. The molecule has 1 unspecified atom stereocenters. The molecule has 3 aromatic carbocycles. The summed E-state index contributed by atoms with van der Waals surface area (Å²) in [6.07, 6.45) is 2.17. The zero-order valence-electron chi connectivity index (χ0n) is 18.2. The van der Waals surface area contributed by atoms with Gasteiger partial charge in [-0.2, -0.15) is 0 Å². The lowest BCUT2D eigenvalue weighted by Crippen LogP contribution is -2.26. The van der Waals surface area contributed by atoms with Gasteiger partial charge in [-0.25, -0.2) is 8.42 Å². The maximum atomic E-state index is 12.7. The van der Waals surface area contributed by atoms with Crippen molar-refractivity contribution in [2.45, 2.75) is 25.9 Å². The second-order valence-corrected chi connectivity index (χ2v) is 9.94. The summed E-state index contributed by atoms with van der Waals surface area (Å²) >= 11 is 0. The summed E-state index contributed by atoms with van der Waals surface area (Å²) in [5.74, 6) is -0.169. The van der Waals surface area contributed by atoms with Crippen molar-refractivity contribution in [1.29, 1.82) is 0 Å². The van der Waals surface area contributed by atoms with Gasteiger partial charge in [-0.3, -0.25) is 9.52 Å². The SMILES string of the molecule is CC(NC(=O)c1ccc(CN2CCc3ccccc32)cc1)c1cccc(NS(C)(=O)=O)c1.